The Morgan fingerprint density at radius 2 is 2.06 bits per heavy atom. The zero-order valence-corrected chi connectivity index (χ0v) is 13.3. The smallest absolute Gasteiger partial charge is 0.248 e. The quantitative estimate of drug-likeness (QED) is 0.832. The van der Waals surface area contributed by atoms with E-state index in [1.807, 2.05) is 6.07 Å². The summed E-state index contributed by atoms with van der Waals surface area (Å²) >= 11 is 0. The van der Waals surface area contributed by atoms with Gasteiger partial charge in [-0.25, -0.2) is 0 Å². The molecule has 0 aliphatic rings. The number of rotatable bonds is 5. The third-order valence-corrected chi connectivity index (χ3v) is 3.64. The molecule has 1 aromatic heterocycles. The lowest BCUT2D eigenvalue weighted by molar-refractivity contribution is 0.174. The maximum atomic E-state index is 11.4. The van der Waals surface area contributed by atoms with Crippen LogP contribution in [0.2, 0.25) is 13.1 Å². The van der Waals surface area contributed by atoms with Crippen molar-refractivity contribution in [2.24, 2.45) is 5.41 Å². The van der Waals surface area contributed by atoms with Crippen LogP contribution in [0.5, 0.6) is 0 Å². The molecule has 1 atom stereocenters. The average Bonchev–Trinajstić information content (AvgIpc) is 2.22. The standard InChI is InChI=1S/C14H25NO2Si/c1-14(2,3)8-6-12(17-18(4)5)11-7-9-15-13(16)10-11/h7,9-10,12,18H,6,8H2,1-5H3,(H,15,16). The largest absolute Gasteiger partial charge is 0.414 e. The van der Waals surface area contributed by atoms with Gasteiger partial charge in [0, 0.05) is 12.3 Å². The highest BCUT2D eigenvalue weighted by molar-refractivity contribution is 6.48. The molecule has 1 aromatic rings. The third-order valence-electron chi connectivity index (χ3n) is 2.76. The Balaban J connectivity index is 2.81. The number of hydrogen-bond donors (Lipinski definition) is 1. The summed E-state index contributed by atoms with van der Waals surface area (Å²) < 4.78 is 6.07. The molecule has 0 saturated carbocycles. The second-order valence-electron chi connectivity index (χ2n) is 6.26. The normalized spacial score (nSPS) is 13.9. The zero-order valence-electron chi connectivity index (χ0n) is 12.1. The minimum absolute atomic E-state index is 0.0534. The van der Waals surface area contributed by atoms with Crippen molar-refractivity contribution in [3.8, 4) is 0 Å². The predicted octanol–water partition coefficient (Wildman–Crippen LogP) is 3.24. The van der Waals surface area contributed by atoms with E-state index < -0.39 is 9.04 Å². The van der Waals surface area contributed by atoms with E-state index in [2.05, 4.69) is 38.8 Å². The van der Waals surface area contributed by atoms with Crippen LogP contribution < -0.4 is 5.56 Å². The SMILES string of the molecule is C[SiH](C)OC(CCC(C)(C)C)c1cc[nH]c(=O)c1. The van der Waals surface area contributed by atoms with Gasteiger partial charge in [0.1, 0.15) is 0 Å². The van der Waals surface area contributed by atoms with Crippen LogP contribution in [0.1, 0.15) is 45.3 Å². The highest BCUT2D eigenvalue weighted by Crippen LogP contribution is 2.29. The maximum Gasteiger partial charge on any atom is 0.248 e. The van der Waals surface area contributed by atoms with Crippen molar-refractivity contribution in [3.63, 3.8) is 0 Å². The van der Waals surface area contributed by atoms with Gasteiger partial charge >= 0.3 is 0 Å². The first kappa shape index (κ1) is 15.2. The summed E-state index contributed by atoms with van der Waals surface area (Å²) in [5, 5.41) is 0. The van der Waals surface area contributed by atoms with Crippen molar-refractivity contribution < 1.29 is 4.43 Å². The zero-order chi connectivity index (χ0) is 13.8. The van der Waals surface area contributed by atoms with Crippen molar-refractivity contribution in [2.75, 3.05) is 0 Å². The van der Waals surface area contributed by atoms with Crippen molar-refractivity contribution in [2.45, 2.75) is 52.8 Å². The topological polar surface area (TPSA) is 42.1 Å². The Labute approximate surface area is 111 Å². The van der Waals surface area contributed by atoms with E-state index >= 15 is 0 Å². The molecule has 0 spiro atoms. The number of aromatic nitrogens is 1. The molecule has 0 aromatic carbocycles. The van der Waals surface area contributed by atoms with Gasteiger partial charge in [0.05, 0.1) is 6.10 Å². The van der Waals surface area contributed by atoms with E-state index in [0.29, 0.717) is 5.41 Å². The van der Waals surface area contributed by atoms with E-state index in [1.54, 1.807) is 12.3 Å². The summed E-state index contributed by atoms with van der Waals surface area (Å²) in [5.74, 6) is 0. The molecule has 3 nitrogen and oxygen atoms in total. The third kappa shape index (κ3) is 5.64. The van der Waals surface area contributed by atoms with Crippen LogP contribution in [0.25, 0.3) is 0 Å². The average molecular weight is 267 g/mol. The number of aromatic amines is 1. The van der Waals surface area contributed by atoms with E-state index in [-0.39, 0.29) is 11.7 Å². The van der Waals surface area contributed by atoms with Gasteiger partial charge in [-0.05, 0) is 43.0 Å². The fourth-order valence-corrected chi connectivity index (χ4v) is 2.82. The molecule has 0 radical (unpaired) electrons. The Bertz CT molecular complexity index is 420. The number of nitrogens with one attached hydrogen (secondary N) is 1. The monoisotopic (exact) mass is 267 g/mol. The molecule has 18 heavy (non-hydrogen) atoms. The van der Waals surface area contributed by atoms with Crippen molar-refractivity contribution >= 4 is 9.04 Å². The minimum Gasteiger partial charge on any atom is -0.414 e. The fourth-order valence-electron chi connectivity index (χ4n) is 1.87. The molecule has 1 rings (SSSR count). The van der Waals surface area contributed by atoms with Gasteiger partial charge in [-0.15, -0.1) is 0 Å². The first-order chi connectivity index (χ1) is 8.28. The van der Waals surface area contributed by atoms with Crippen LogP contribution in [0, 0.1) is 5.41 Å². The van der Waals surface area contributed by atoms with Gasteiger partial charge in [-0.2, -0.15) is 0 Å². The Kier molecular flexibility index (Phi) is 5.35. The Morgan fingerprint density at radius 1 is 1.39 bits per heavy atom. The van der Waals surface area contributed by atoms with Gasteiger partial charge in [0.25, 0.3) is 0 Å². The molecule has 1 N–H and O–H groups in total. The highest BCUT2D eigenvalue weighted by Gasteiger charge is 2.18. The molecule has 0 saturated heterocycles. The summed E-state index contributed by atoms with van der Waals surface area (Å²) in [6.07, 6.45) is 3.83. The number of H-pyrrole nitrogens is 1. The van der Waals surface area contributed by atoms with E-state index in [1.165, 1.54) is 0 Å². The molecular weight excluding hydrogens is 242 g/mol. The fraction of sp³-hybridized carbons (Fsp3) is 0.643. The highest BCUT2D eigenvalue weighted by atomic mass is 28.3. The lowest BCUT2D eigenvalue weighted by atomic mass is 9.88. The summed E-state index contributed by atoms with van der Waals surface area (Å²) in [7, 11) is -1.11. The molecule has 4 heteroatoms. The number of pyridine rings is 1. The second kappa shape index (κ2) is 6.34. The first-order valence-corrected chi connectivity index (χ1v) is 9.40. The molecule has 0 aliphatic heterocycles. The lowest BCUT2D eigenvalue weighted by Gasteiger charge is -2.25. The lowest BCUT2D eigenvalue weighted by Crippen LogP contribution is -2.18. The van der Waals surface area contributed by atoms with Gasteiger partial charge in [0.2, 0.25) is 5.56 Å². The molecule has 1 heterocycles. The van der Waals surface area contributed by atoms with E-state index in [9.17, 15) is 4.79 Å². The maximum absolute atomic E-state index is 11.4. The summed E-state index contributed by atoms with van der Waals surface area (Å²) in [6, 6.07) is 3.61. The van der Waals surface area contributed by atoms with Gasteiger partial charge in [0.15, 0.2) is 9.04 Å². The second-order valence-corrected chi connectivity index (χ2v) is 8.63. The van der Waals surface area contributed by atoms with Gasteiger partial charge in [-0.1, -0.05) is 20.8 Å². The van der Waals surface area contributed by atoms with Gasteiger partial charge < -0.3 is 9.41 Å². The molecule has 0 aliphatic carbocycles. The summed E-state index contributed by atoms with van der Waals surface area (Å²) in [5.41, 5.74) is 1.24. The molecule has 102 valence electrons. The molecular formula is C14H25NO2Si. The van der Waals surface area contributed by atoms with Crippen LogP contribution in [0.4, 0.5) is 0 Å². The predicted molar refractivity (Wildman–Crippen MR) is 78.5 cm³/mol. The van der Waals surface area contributed by atoms with Gasteiger partial charge in [-0.3, -0.25) is 4.79 Å². The van der Waals surface area contributed by atoms with Crippen molar-refractivity contribution in [3.05, 3.63) is 34.2 Å². The van der Waals surface area contributed by atoms with Crippen LogP contribution >= 0.6 is 0 Å². The number of hydrogen-bond acceptors (Lipinski definition) is 2. The molecule has 0 amide bonds. The van der Waals surface area contributed by atoms with Crippen LogP contribution in [-0.4, -0.2) is 14.0 Å². The summed E-state index contributed by atoms with van der Waals surface area (Å²) in [6.45, 7) is 11.0. The molecule has 1 unspecified atom stereocenters. The van der Waals surface area contributed by atoms with Crippen LogP contribution in [-0.2, 0) is 4.43 Å². The minimum atomic E-state index is -1.11. The Hall–Kier alpha value is -0.873. The van der Waals surface area contributed by atoms with Crippen LogP contribution in [0.15, 0.2) is 23.1 Å². The van der Waals surface area contributed by atoms with Crippen molar-refractivity contribution in [1.82, 2.24) is 4.98 Å². The summed E-state index contributed by atoms with van der Waals surface area (Å²) in [4.78, 5) is 14.0. The van der Waals surface area contributed by atoms with Crippen molar-refractivity contribution in [1.29, 1.82) is 0 Å². The van der Waals surface area contributed by atoms with E-state index in [4.69, 9.17) is 4.43 Å². The Morgan fingerprint density at radius 3 is 2.56 bits per heavy atom. The van der Waals surface area contributed by atoms with Crippen LogP contribution in [0.3, 0.4) is 0 Å². The molecule has 0 bridgehead atoms. The first-order valence-electron chi connectivity index (χ1n) is 6.62. The van der Waals surface area contributed by atoms with E-state index in [0.717, 1.165) is 18.4 Å². The molecule has 0 fully saturated rings.